The number of nitrogens with zero attached hydrogens (tertiary/aromatic N) is 4. The molecule has 3 heterocycles. The minimum Gasteiger partial charge on any atom is -0.369 e. The SMILES string of the molecule is CCc1n[nH]c(=O)c2cc(S(=O)(=O)N3CCN(c4cc(C)ccc4C)CC3)cn12. The van der Waals surface area contributed by atoms with E-state index in [1.807, 2.05) is 6.92 Å². The first-order valence-corrected chi connectivity index (χ1v) is 11.2. The molecule has 0 unspecified atom stereocenters. The fourth-order valence-corrected chi connectivity index (χ4v) is 5.26. The Morgan fingerprint density at radius 3 is 2.52 bits per heavy atom. The summed E-state index contributed by atoms with van der Waals surface area (Å²) in [6.45, 7) is 8.08. The Balaban J connectivity index is 1.60. The number of anilines is 1. The summed E-state index contributed by atoms with van der Waals surface area (Å²) in [4.78, 5) is 14.4. The third-order valence-corrected chi connectivity index (χ3v) is 7.35. The van der Waals surface area contributed by atoms with E-state index in [-0.39, 0.29) is 4.90 Å². The maximum Gasteiger partial charge on any atom is 0.288 e. The van der Waals surface area contributed by atoms with E-state index >= 15 is 0 Å². The van der Waals surface area contributed by atoms with Gasteiger partial charge in [0, 0.05) is 44.5 Å². The van der Waals surface area contributed by atoms with Gasteiger partial charge in [-0.2, -0.15) is 9.40 Å². The molecule has 29 heavy (non-hydrogen) atoms. The normalized spacial score (nSPS) is 15.9. The van der Waals surface area contributed by atoms with Gasteiger partial charge < -0.3 is 4.90 Å². The molecule has 0 amide bonds. The van der Waals surface area contributed by atoms with Crippen molar-refractivity contribution in [2.75, 3.05) is 31.1 Å². The summed E-state index contributed by atoms with van der Waals surface area (Å²) in [6.07, 6.45) is 2.08. The molecule has 0 spiro atoms. The van der Waals surface area contributed by atoms with E-state index in [9.17, 15) is 13.2 Å². The number of rotatable bonds is 4. The molecule has 0 saturated carbocycles. The van der Waals surface area contributed by atoms with Crippen LogP contribution in [0.25, 0.3) is 5.52 Å². The predicted octanol–water partition coefficient (Wildman–Crippen LogP) is 1.71. The molecule has 0 atom stereocenters. The molecule has 1 aliphatic rings. The fourth-order valence-electron chi connectivity index (χ4n) is 3.82. The van der Waals surface area contributed by atoms with Gasteiger partial charge in [-0.15, -0.1) is 0 Å². The lowest BCUT2D eigenvalue weighted by Gasteiger charge is -2.36. The van der Waals surface area contributed by atoms with Crippen molar-refractivity contribution in [3.63, 3.8) is 0 Å². The lowest BCUT2D eigenvalue weighted by atomic mass is 10.1. The topological polar surface area (TPSA) is 90.8 Å². The predicted molar refractivity (Wildman–Crippen MR) is 112 cm³/mol. The number of aromatic nitrogens is 3. The Morgan fingerprint density at radius 1 is 1.10 bits per heavy atom. The number of aromatic amines is 1. The lowest BCUT2D eigenvalue weighted by molar-refractivity contribution is 0.385. The third kappa shape index (κ3) is 3.44. The van der Waals surface area contributed by atoms with Crippen molar-refractivity contribution in [2.45, 2.75) is 32.1 Å². The summed E-state index contributed by atoms with van der Waals surface area (Å²) in [5, 5.41) is 6.43. The average Bonchev–Trinajstić information content (AvgIpc) is 3.18. The summed E-state index contributed by atoms with van der Waals surface area (Å²) >= 11 is 0. The molecule has 3 aromatic rings. The van der Waals surface area contributed by atoms with Crippen LogP contribution in [0.5, 0.6) is 0 Å². The second-order valence-electron chi connectivity index (χ2n) is 7.43. The Kier molecular flexibility index (Phi) is 4.95. The molecule has 1 fully saturated rings. The van der Waals surface area contributed by atoms with Crippen molar-refractivity contribution in [2.24, 2.45) is 0 Å². The van der Waals surface area contributed by atoms with E-state index < -0.39 is 15.6 Å². The molecule has 8 nitrogen and oxygen atoms in total. The van der Waals surface area contributed by atoms with Gasteiger partial charge in [-0.3, -0.25) is 9.20 Å². The van der Waals surface area contributed by atoms with Gasteiger partial charge in [-0.1, -0.05) is 19.1 Å². The van der Waals surface area contributed by atoms with E-state index in [0.717, 1.165) is 5.69 Å². The third-order valence-electron chi connectivity index (χ3n) is 5.49. The lowest BCUT2D eigenvalue weighted by Crippen LogP contribution is -2.48. The highest BCUT2D eigenvalue weighted by molar-refractivity contribution is 7.89. The van der Waals surface area contributed by atoms with Crippen LogP contribution < -0.4 is 10.5 Å². The molecular formula is C20H25N5O3S. The van der Waals surface area contributed by atoms with Crippen LogP contribution in [0.15, 0.2) is 40.2 Å². The van der Waals surface area contributed by atoms with Crippen LogP contribution in [0.4, 0.5) is 5.69 Å². The highest BCUT2D eigenvalue weighted by atomic mass is 32.2. The summed E-state index contributed by atoms with van der Waals surface area (Å²) in [6, 6.07) is 7.76. The summed E-state index contributed by atoms with van der Waals surface area (Å²) < 4.78 is 29.5. The molecule has 0 aliphatic carbocycles. The number of piperazine rings is 1. The van der Waals surface area contributed by atoms with Crippen LogP contribution in [-0.2, 0) is 16.4 Å². The average molecular weight is 416 g/mol. The number of hydrogen-bond acceptors (Lipinski definition) is 5. The van der Waals surface area contributed by atoms with Crippen LogP contribution in [0.1, 0.15) is 23.9 Å². The zero-order chi connectivity index (χ0) is 20.8. The van der Waals surface area contributed by atoms with Crippen molar-refractivity contribution >= 4 is 21.2 Å². The Hall–Kier alpha value is -2.65. The van der Waals surface area contributed by atoms with Crippen LogP contribution >= 0.6 is 0 Å². The summed E-state index contributed by atoms with van der Waals surface area (Å²) in [7, 11) is -3.68. The van der Waals surface area contributed by atoms with Crippen molar-refractivity contribution in [1.82, 2.24) is 18.9 Å². The second-order valence-corrected chi connectivity index (χ2v) is 9.37. The van der Waals surface area contributed by atoms with Crippen molar-refractivity contribution in [3.05, 3.63) is 57.8 Å². The minimum absolute atomic E-state index is 0.130. The number of aryl methyl sites for hydroxylation is 3. The number of nitrogens with one attached hydrogen (secondary N) is 1. The van der Waals surface area contributed by atoms with E-state index in [2.05, 4.69) is 47.1 Å². The number of sulfonamides is 1. The van der Waals surface area contributed by atoms with Gasteiger partial charge >= 0.3 is 0 Å². The van der Waals surface area contributed by atoms with E-state index in [0.29, 0.717) is 43.9 Å². The number of fused-ring (bicyclic) bond motifs is 1. The maximum absolute atomic E-state index is 13.2. The van der Waals surface area contributed by atoms with Gasteiger partial charge in [0.15, 0.2) is 0 Å². The van der Waals surface area contributed by atoms with Crippen LogP contribution in [-0.4, -0.2) is 53.5 Å². The molecule has 1 aliphatic heterocycles. The van der Waals surface area contributed by atoms with Crippen LogP contribution in [0.3, 0.4) is 0 Å². The quantitative estimate of drug-likeness (QED) is 0.701. The molecule has 0 radical (unpaired) electrons. The molecule has 1 saturated heterocycles. The molecule has 9 heteroatoms. The fraction of sp³-hybridized carbons (Fsp3) is 0.400. The Labute approximate surface area is 169 Å². The number of benzene rings is 1. The Bertz CT molecular complexity index is 1220. The zero-order valence-corrected chi connectivity index (χ0v) is 17.7. The van der Waals surface area contributed by atoms with Gasteiger partial charge in [0.1, 0.15) is 16.2 Å². The number of H-pyrrole nitrogens is 1. The minimum atomic E-state index is -3.68. The van der Waals surface area contributed by atoms with E-state index in [1.165, 1.54) is 27.7 Å². The number of hydrogen-bond donors (Lipinski definition) is 1. The van der Waals surface area contributed by atoms with Crippen molar-refractivity contribution < 1.29 is 8.42 Å². The molecule has 0 bridgehead atoms. The molecule has 154 valence electrons. The van der Waals surface area contributed by atoms with E-state index in [4.69, 9.17) is 0 Å². The van der Waals surface area contributed by atoms with Crippen LogP contribution in [0.2, 0.25) is 0 Å². The highest BCUT2D eigenvalue weighted by Crippen LogP contribution is 2.25. The van der Waals surface area contributed by atoms with Gasteiger partial charge in [0.05, 0.1) is 0 Å². The molecule has 1 aromatic carbocycles. The smallest absolute Gasteiger partial charge is 0.288 e. The molecule has 4 rings (SSSR count). The standard InChI is InChI=1S/C20H25N5O3S/c1-4-19-21-22-20(26)18-12-16(13-25(18)19)29(27,28)24-9-7-23(8-10-24)17-11-14(2)5-6-15(17)3/h5-6,11-13H,4,7-10H2,1-3H3,(H,22,26). The zero-order valence-electron chi connectivity index (χ0n) is 16.8. The Morgan fingerprint density at radius 2 is 1.83 bits per heavy atom. The second kappa shape index (κ2) is 7.31. The van der Waals surface area contributed by atoms with Gasteiger partial charge in [-0.05, 0) is 37.1 Å². The molecule has 1 N–H and O–H groups in total. The van der Waals surface area contributed by atoms with Crippen molar-refractivity contribution in [1.29, 1.82) is 0 Å². The largest absolute Gasteiger partial charge is 0.369 e. The first-order valence-electron chi connectivity index (χ1n) is 9.73. The summed E-state index contributed by atoms with van der Waals surface area (Å²) in [5.74, 6) is 0.612. The molecular weight excluding hydrogens is 390 g/mol. The van der Waals surface area contributed by atoms with E-state index in [1.54, 1.807) is 4.40 Å². The highest BCUT2D eigenvalue weighted by Gasteiger charge is 2.30. The van der Waals surface area contributed by atoms with Gasteiger partial charge in [-0.25, -0.2) is 13.5 Å². The van der Waals surface area contributed by atoms with Gasteiger partial charge in [0.2, 0.25) is 10.0 Å². The summed E-state index contributed by atoms with van der Waals surface area (Å²) in [5.41, 5.74) is 3.42. The van der Waals surface area contributed by atoms with Crippen LogP contribution in [0, 0.1) is 13.8 Å². The first-order chi connectivity index (χ1) is 13.8. The molecule has 2 aromatic heterocycles. The van der Waals surface area contributed by atoms with Gasteiger partial charge in [0.25, 0.3) is 5.56 Å². The van der Waals surface area contributed by atoms with Crippen molar-refractivity contribution in [3.8, 4) is 0 Å². The maximum atomic E-state index is 13.2. The monoisotopic (exact) mass is 415 g/mol. The first kappa shape index (κ1) is 19.7.